The highest BCUT2D eigenvalue weighted by molar-refractivity contribution is 5.37. The molecule has 0 amide bonds. The number of aliphatic hydroxyl groups is 2. The van der Waals surface area contributed by atoms with E-state index in [9.17, 15) is 23.4 Å². The number of hydrogen-bond donors (Lipinski definition) is 3. The summed E-state index contributed by atoms with van der Waals surface area (Å²) < 4.78 is 43.1. The van der Waals surface area contributed by atoms with E-state index in [1.807, 2.05) is 6.92 Å². The molecule has 1 aromatic rings. The van der Waals surface area contributed by atoms with Gasteiger partial charge in [0.1, 0.15) is 23.7 Å². The van der Waals surface area contributed by atoms with Gasteiger partial charge in [0.2, 0.25) is 0 Å². The monoisotopic (exact) mass is 306 g/mol. The van der Waals surface area contributed by atoms with E-state index < -0.39 is 36.2 Å². The molecule has 5 nitrogen and oxygen atoms in total. The summed E-state index contributed by atoms with van der Waals surface area (Å²) in [6, 6.07) is 2.72. The largest absolute Gasteiger partial charge is 0.433 e. The Hall–Kier alpha value is -1.38. The lowest BCUT2D eigenvalue weighted by Crippen LogP contribution is -2.55. The Labute approximate surface area is 119 Å². The summed E-state index contributed by atoms with van der Waals surface area (Å²) in [7, 11) is 0. The fourth-order valence-electron chi connectivity index (χ4n) is 2.23. The average molecular weight is 306 g/mol. The van der Waals surface area contributed by atoms with Gasteiger partial charge < -0.3 is 20.3 Å². The van der Waals surface area contributed by atoms with Crippen LogP contribution in [-0.2, 0) is 10.9 Å². The Kier molecular flexibility index (Phi) is 4.70. The van der Waals surface area contributed by atoms with E-state index in [1.54, 1.807) is 0 Å². The molecule has 0 bridgehead atoms. The Balaban J connectivity index is 2.08. The molecule has 3 N–H and O–H groups in total. The van der Waals surface area contributed by atoms with Crippen molar-refractivity contribution in [2.45, 2.75) is 43.9 Å². The summed E-state index contributed by atoms with van der Waals surface area (Å²) in [6.45, 7) is 1.89. The fraction of sp³-hybridized carbons (Fsp3) is 0.615. The summed E-state index contributed by atoms with van der Waals surface area (Å²) in [5.41, 5.74) is -1.02. The number of anilines is 1. The summed E-state index contributed by atoms with van der Waals surface area (Å²) in [4.78, 5) is 3.45. The number of hydrogen-bond acceptors (Lipinski definition) is 5. The second-order valence-electron chi connectivity index (χ2n) is 4.92. The summed E-state index contributed by atoms with van der Waals surface area (Å²) in [6.07, 6.45) is -6.71. The van der Waals surface area contributed by atoms with E-state index in [4.69, 9.17) is 4.74 Å². The Morgan fingerprint density at radius 3 is 2.67 bits per heavy atom. The molecule has 1 aliphatic heterocycles. The van der Waals surface area contributed by atoms with Crippen LogP contribution in [0.25, 0.3) is 0 Å². The summed E-state index contributed by atoms with van der Waals surface area (Å²) >= 11 is 0. The number of nitrogens with one attached hydrogen (secondary N) is 1. The number of rotatable bonds is 3. The highest BCUT2D eigenvalue weighted by Gasteiger charge is 2.38. The molecule has 1 unspecified atom stereocenters. The van der Waals surface area contributed by atoms with Crippen LogP contribution in [0.15, 0.2) is 18.2 Å². The van der Waals surface area contributed by atoms with Crippen LogP contribution in [0.1, 0.15) is 19.0 Å². The number of pyridine rings is 1. The molecule has 1 saturated heterocycles. The molecule has 0 aromatic carbocycles. The van der Waals surface area contributed by atoms with E-state index >= 15 is 0 Å². The van der Waals surface area contributed by atoms with E-state index in [1.165, 1.54) is 12.1 Å². The molecule has 1 fully saturated rings. The Bertz CT molecular complexity index is 484. The van der Waals surface area contributed by atoms with Crippen LogP contribution in [0.5, 0.6) is 0 Å². The molecule has 0 spiro atoms. The van der Waals surface area contributed by atoms with Gasteiger partial charge in [-0.05, 0) is 18.6 Å². The lowest BCUT2D eigenvalue weighted by atomic mass is 9.96. The predicted molar refractivity (Wildman–Crippen MR) is 68.7 cm³/mol. The third-order valence-corrected chi connectivity index (χ3v) is 3.41. The van der Waals surface area contributed by atoms with Gasteiger partial charge in [-0.25, -0.2) is 4.98 Å². The molecule has 0 radical (unpaired) electrons. The maximum Gasteiger partial charge on any atom is 0.433 e. The first kappa shape index (κ1) is 16.0. The van der Waals surface area contributed by atoms with Crippen molar-refractivity contribution >= 4 is 5.82 Å². The van der Waals surface area contributed by atoms with Crippen LogP contribution in [0.3, 0.4) is 0 Å². The smallest absolute Gasteiger partial charge is 0.388 e. The van der Waals surface area contributed by atoms with Crippen LogP contribution >= 0.6 is 0 Å². The number of aliphatic hydroxyl groups excluding tert-OH is 2. The van der Waals surface area contributed by atoms with Crippen LogP contribution < -0.4 is 5.32 Å². The molecule has 21 heavy (non-hydrogen) atoms. The van der Waals surface area contributed by atoms with E-state index in [0.29, 0.717) is 6.42 Å². The first-order chi connectivity index (χ1) is 9.82. The zero-order valence-corrected chi connectivity index (χ0v) is 11.3. The minimum Gasteiger partial charge on any atom is -0.388 e. The molecular weight excluding hydrogens is 289 g/mol. The standard InChI is InChI=1S/C13H17F3N2O3/c1-2-8-12(20)11(19)7(6-21-8)17-10-5-3-4-9(18-10)13(14,15)16/h3-5,7-8,11-12,19-20H,2,6H2,1H3,(H,17,18)/t7?,8-,11-,12+/m1/s1. The predicted octanol–water partition coefficient (Wildman–Crippen LogP) is 1.41. The minimum absolute atomic E-state index is 0.0281. The van der Waals surface area contributed by atoms with Crippen molar-refractivity contribution in [2.24, 2.45) is 0 Å². The van der Waals surface area contributed by atoms with E-state index in [2.05, 4.69) is 10.3 Å². The quantitative estimate of drug-likeness (QED) is 0.787. The van der Waals surface area contributed by atoms with Gasteiger partial charge in [0.15, 0.2) is 0 Å². The molecular formula is C13H17F3N2O3. The van der Waals surface area contributed by atoms with Crippen molar-refractivity contribution in [1.29, 1.82) is 0 Å². The van der Waals surface area contributed by atoms with Crippen molar-refractivity contribution in [3.8, 4) is 0 Å². The van der Waals surface area contributed by atoms with Gasteiger partial charge in [-0.3, -0.25) is 0 Å². The second-order valence-corrected chi connectivity index (χ2v) is 4.92. The van der Waals surface area contributed by atoms with Gasteiger partial charge in [0, 0.05) is 0 Å². The highest BCUT2D eigenvalue weighted by Crippen LogP contribution is 2.28. The van der Waals surface area contributed by atoms with Crippen LogP contribution in [0, 0.1) is 0 Å². The van der Waals surface area contributed by atoms with Crippen LogP contribution in [-0.4, -0.2) is 46.2 Å². The second kappa shape index (κ2) is 6.17. The van der Waals surface area contributed by atoms with Crippen LogP contribution in [0.4, 0.5) is 19.0 Å². The van der Waals surface area contributed by atoms with Crippen molar-refractivity contribution in [3.05, 3.63) is 23.9 Å². The maximum atomic E-state index is 12.6. The van der Waals surface area contributed by atoms with E-state index in [0.717, 1.165) is 6.07 Å². The zero-order chi connectivity index (χ0) is 15.6. The van der Waals surface area contributed by atoms with Crippen molar-refractivity contribution < 1.29 is 28.1 Å². The third-order valence-electron chi connectivity index (χ3n) is 3.41. The molecule has 1 aromatic heterocycles. The van der Waals surface area contributed by atoms with Gasteiger partial charge in [-0.2, -0.15) is 13.2 Å². The topological polar surface area (TPSA) is 74.6 Å². The normalized spacial score (nSPS) is 30.2. The van der Waals surface area contributed by atoms with Gasteiger partial charge in [0.25, 0.3) is 0 Å². The zero-order valence-electron chi connectivity index (χ0n) is 11.3. The molecule has 0 aliphatic carbocycles. The number of alkyl halides is 3. The fourth-order valence-corrected chi connectivity index (χ4v) is 2.23. The highest BCUT2D eigenvalue weighted by atomic mass is 19.4. The molecule has 1 aliphatic rings. The van der Waals surface area contributed by atoms with Gasteiger partial charge in [-0.1, -0.05) is 13.0 Å². The SMILES string of the molecule is CC[C@H]1OCC(Nc2cccc(C(F)(F)F)n2)[C@@H](O)[C@H]1O. The molecule has 8 heteroatoms. The molecule has 2 heterocycles. The third kappa shape index (κ3) is 3.63. The molecule has 0 saturated carbocycles. The summed E-state index contributed by atoms with van der Waals surface area (Å²) in [5.74, 6) is -0.0281. The van der Waals surface area contributed by atoms with Crippen LogP contribution in [0.2, 0.25) is 0 Å². The average Bonchev–Trinajstić information content (AvgIpc) is 2.44. The van der Waals surface area contributed by atoms with E-state index in [-0.39, 0.29) is 12.4 Å². The summed E-state index contributed by atoms with van der Waals surface area (Å²) in [5, 5.41) is 22.5. The number of ether oxygens (including phenoxy) is 1. The number of aromatic nitrogens is 1. The maximum absolute atomic E-state index is 12.6. The first-order valence-corrected chi connectivity index (χ1v) is 6.61. The Morgan fingerprint density at radius 1 is 1.33 bits per heavy atom. The number of halogens is 3. The molecule has 4 atom stereocenters. The Morgan fingerprint density at radius 2 is 2.05 bits per heavy atom. The lowest BCUT2D eigenvalue weighted by Gasteiger charge is -2.37. The van der Waals surface area contributed by atoms with Gasteiger partial charge in [-0.15, -0.1) is 0 Å². The van der Waals surface area contributed by atoms with Crippen molar-refractivity contribution in [1.82, 2.24) is 4.98 Å². The lowest BCUT2D eigenvalue weighted by molar-refractivity contribution is -0.142. The molecule has 2 rings (SSSR count). The van der Waals surface area contributed by atoms with Gasteiger partial charge in [0.05, 0.1) is 18.8 Å². The van der Waals surface area contributed by atoms with Crippen molar-refractivity contribution in [2.75, 3.05) is 11.9 Å². The number of nitrogens with zero attached hydrogens (tertiary/aromatic N) is 1. The first-order valence-electron chi connectivity index (χ1n) is 6.61. The van der Waals surface area contributed by atoms with Crippen molar-refractivity contribution in [3.63, 3.8) is 0 Å². The van der Waals surface area contributed by atoms with Gasteiger partial charge >= 0.3 is 6.18 Å². The minimum atomic E-state index is -4.54. The molecule has 118 valence electrons.